The predicted molar refractivity (Wildman–Crippen MR) is 94.3 cm³/mol. The number of carbonyl (C=O) groups is 2. The van der Waals surface area contributed by atoms with Crippen molar-refractivity contribution < 1.29 is 14.3 Å². The molecule has 132 valence electrons. The number of piperidine rings is 1. The van der Waals surface area contributed by atoms with Crippen LogP contribution in [0, 0.1) is 5.92 Å². The van der Waals surface area contributed by atoms with Crippen LogP contribution in [-0.2, 0) is 16.0 Å². The van der Waals surface area contributed by atoms with Crippen LogP contribution < -0.4 is 10.1 Å². The summed E-state index contributed by atoms with van der Waals surface area (Å²) in [5.74, 6) is 1.30. The number of nitrogens with zero attached hydrogens (tertiary/aromatic N) is 1. The van der Waals surface area contributed by atoms with E-state index in [1.165, 1.54) is 6.92 Å². The summed E-state index contributed by atoms with van der Waals surface area (Å²) in [5.41, 5.74) is 1.04. The third kappa shape index (κ3) is 5.41. The third-order valence-corrected chi connectivity index (χ3v) is 4.75. The monoisotopic (exact) mass is 352 g/mol. The Morgan fingerprint density at radius 2 is 2.04 bits per heavy atom. The highest BCUT2D eigenvalue weighted by molar-refractivity contribution is 6.32. The van der Waals surface area contributed by atoms with Crippen molar-refractivity contribution in [2.75, 3.05) is 26.7 Å². The largest absolute Gasteiger partial charge is 0.495 e. The molecule has 1 heterocycles. The summed E-state index contributed by atoms with van der Waals surface area (Å²) in [6, 6.07) is 5.63. The highest BCUT2D eigenvalue weighted by Crippen LogP contribution is 2.25. The van der Waals surface area contributed by atoms with E-state index in [0.29, 0.717) is 36.1 Å². The van der Waals surface area contributed by atoms with Gasteiger partial charge in [0.1, 0.15) is 5.75 Å². The lowest BCUT2D eigenvalue weighted by Crippen LogP contribution is -2.41. The van der Waals surface area contributed by atoms with E-state index in [-0.39, 0.29) is 11.8 Å². The normalized spacial score (nSPS) is 15.2. The average molecular weight is 353 g/mol. The van der Waals surface area contributed by atoms with Crippen LogP contribution in [0.15, 0.2) is 18.2 Å². The van der Waals surface area contributed by atoms with Gasteiger partial charge in [-0.15, -0.1) is 0 Å². The highest BCUT2D eigenvalue weighted by Gasteiger charge is 2.22. The number of methoxy groups -OCH3 is 1. The fourth-order valence-corrected chi connectivity index (χ4v) is 3.23. The highest BCUT2D eigenvalue weighted by atomic mass is 35.5. The van der Waals surface area contributed by atoms with Crippen molar-refractivity contribution in [3.05, 3.63) is 28.8 Å². The molecule has 1 N–H and O–H groups in total. The number of halogens is 1. The number of hydrogen-bond donors (Lipinski definition) is 1. The van der Waals surface area contributed by atoms with E-state index in [1.807, 2.05) is 23.1 Å². The quantitative estimate of drug-likeness (QED) is 0.856. The zero-order valence-electron chi connectivity index (χ0n) is 14.3. The van der Waals surface area contributed by atoms with Gasteiger partial charge in [-0.05, 0) is 42.9 Å². The van der Waals surface area contributed by atoms with E-state index in [2.05, 4.69) is 5.32 Å². The van der Waals surface area contributed by atoms with E-state index in [9.17, 15) is 9.59 Å². The summed E-state index contributed by atoms with van der Waals surface area (Å²) in [7, 11) is 1.58. The third-order valence-electron chi connectivity index (χ3n) is 4.45. The number of hydrogen-bond acceptors (Lipinski definition) is 3. The topological polar surface area (TPSA) is 58.6 Å². The molecule has 1 aliphatic heterocycles. The van der Waals surface area contributed by atoms with E-state index in [4.69, 9.17) is 16.3 Å². The van der Waals surface area contributed by atoms with E-state index >= 15 is 0 Å². The Morgan fingerprint density at radius 1 is 1.33 bits per heavy atom. The first-order valence-electron chi connectivity index (χ1n) is 8.34. The van der Waals surface area contributed by atoms with Gasteiger partial charge in [0.15, 0.2) is 0 Å². The maximum absolute atomic E-state index is 12.4. The summed E-state index contributed by atoms with van der Waals surface area (Å²) < 4.78 is 5.13. The van der Waals surface area contributed by atoms with Crippen LogP contribution in [0.4, 0.5) is 0 Å². The van der Waals surface area contributed by atoms with Crippen LogP contribution in [-0.4, -0.2) is 43.5 Å². The van der Waals surface area contributed by atoms with E-state index in [1.54, 1.807) is 7.11 Å². The smallest absolute Gasteiger partial charge is 0.222 e. The van der Waals surface area contributed by atoms with Gasteiger partial charge in [0, 0.05) is 33.0 Å². The van der Waals surface area contributed by atoms with Gasteiger partial charge in [-0.1, -0.05) is 17.7 Å². The SMILES string of the molecule is COc1ccc(CCC(=O)N2CCC(CNC(C)=O)CC2)cc1Cl. The maximum Gasteiger partial charge on any atom is 0.222 e. The predicted octanol–water partition coefficient (Wildman–Crippen LogP) is 2.66. The molecular weight excluding hydrogens is 328 g/mol. The first kappa shape index (κ1) is 18.6. The molecule has 1 aromatic rings. The van der Waals surface area contributed by atoms with Crippen molar-refractivity contribution >= 4 is 23.4 Å². The standard InChI is InChI=1S/C18H25ClN2O3/c1-13(22)20-12-15-7-9-21(10-8-15)18(23)6-4-14-3-5-17(24-2)16(19)11-14/h3,5,11,15H,4,6-10,12H2,1-2H3,(H,20,22). The minimum absolute atomic E-state index is 0.00617. The zero-order chi connectivity index (χ0) is 17.5. The van der Waals surface area contributed by atoms with Gasteiger partial charge in [0.2, 0.25) is 11.8 Å². The molecule has 1 saturated heterocycles. The Balaban J connectivity index is 1.75. The van der Waals surface area contributed by atoms with Crippen molar-refractivity contribution in [2.45, 2.75) is 32.6 Å². The van der Waals surface area contributed by atoms with Gasteiger partial charge in [-0.25, -0.2) is 0 Å². The Kier molecular flexibility index (Phi) is 6.91. The van der Waals surface area contributed by atoms with E-state index < -0.39 is 0 Å². The Hall–Kier alpha value is -1.75. The Morgan fingerprint density at radius 3 is 2.62 bits per heavy atom. The molecule has 0 bridgehead atoms. The number of rotatable bonds is 6. The molecule has 1 fully saturated rings. The minimum atomic E-state index is 0.00617. The Bertz CT molecular complexity index is 584. The second kappa shape index (κ2) is 8.92. The fourth-order valence-electron chi connectivity index (χ4n) is 2.95. The fraction of sp³-hybridized carbons (Fsp3) is 0.556. The second-order valence-electron chi connectivity index (χ2n) is 6.23. The van der Waals surface area contributed by atoms with E-state index in [0.717, 1.165) is 31.5 Å². The molecule has 1 aliphatic rings. The maximum atomic E-state index is 12.4. The summed E-state index contributed by atoms with van der Waals surface area (Å²) in [5, 5.41) is 3.43. The molecule has 0 atom stereocenters. The number of aryl methyl sites for hydroxylation is 1. The molecule has 0 spiro atoms. The average Bonchev–Trinajstić information content (AvgIpc) is 2.58. The number of ether oxygens (including phenoxy) is 1. The van der Waals surface area contributed by atoms with Crippen LogP contribution in [0.25, 0.3) is 0 Å². The van der Waals surface area contributed by atoms with Crippen molar-refractivity contribution in [2.24, 2.45) is 5.92 Å². The molecule has 0 aliphatic carbocycles. The molecule has 6 heteroatoms. The Labute approximate surface area is 148 Å². The van der Waals surface area contributed by atoms with Crippen molar-refractivity contribution in [3.63, 3.8) is 0 Å². The van der Waals surface area contributed by atoms with Gasteiger partial charge >= 0.3 is 0 Å². The lowest BCUT2D eigenvalue weighted by Gasteiger charge is -2.32. The first-order chi connectivity index (χ1) is 11.5. The summed E-state index contributed by atoms with van der Waals surface area (Å²) in [6.45, 7) is 3.78. The van der Waals surface area contributed by atoms with Crippen LogP contribution in [0.2, 0.25) is 5.02 Å². The molecule has 0 saturated carbocycles. The van der Waals surface area contributed by atoms with Gasteiger partial charge in [-0.2, -0.15) is 0 Å². The van der Waals surface area contributed by atoms with Crippen molar-refractivity contribution in [3.8, 4) is 5.75 Å². The van der Waals surface area contributed by atoms with Crippen molar-refractivity contribution in [1.82, 2.24) is 10.2 Å². The van der Waals surface area contributed by atoms with Crippen LogP contribution >= 0.6 is 11.6 Å². The lowest BCUT2D eigenvalue weighted by atomic mass is 9.96. The molecule has 5 nitrogen and oxygen atoms in total. The van der Waals surface area contributed by atoms with Gasteiger partial charge in [-0.3, -0.25) is 9.59 Å². The van der Waals surface area contributed by atoms with Crippen molar-refractivity contribution in [1.29, 1.82) is 0 Å². The molecule has 0 radical (unpaired) electrons. The van der Waals surface area contributed by atoms with Gasteiger partial charge in [0.05, 0.1) is 12.1 Å². The molecule has 2 amide bonds. The summed E-state index contributed by atoms with van der Waals surface area (Å²) >= 11 is 6.11. The summed E-state index contributed by atoms with van der Waals surface area (Å²) in [6.07, 6.45) is 3.05. The van der Waals surface area contributed by atoms with Crippen LogP contribution in [0.3, 0.4) is 0 Å². The van der Waals surface area contributed by atoms with Crippen LogP contribution in [0.1, 0.15) is 31.7 Å². The zero-order valence-corrected chi connectivity index (χ0v) is 15.1. The van der Waals surface area contributed by atoms with Gasteiger partial charge < -0.3 is 15.0 Å². The molecule has 24 heavy (non-hydrogen) atoms. The lowest BCUT2D eigenvalue weighted by molar-refractivity contribution is -0.132. The molecule has 2 rings (SSSR count). The number of nitrogens with one attached hydrogen (secondary N) is 1. The molecule has 1 aromatic carbocycles. The number of likely N-dealkylation sites (tertiary alicyclic amines) is 1. The van der Waals surface area contributed by atoms with Gasteiger partial charge in [0.25, 0.3) is 0 Å². The second-order valence-corrected chi connectivity index (χ2v) is 6.64. The molecule has 0 unspecified atom stereocenters. The minimum Gasteiger partial charge on any atom is -0.495 e. The first-order valence-corrected chi connectivity index (χ1v) is 8.72. The number of amides is 2. The molecular formula is C18H25ClN2O3. The number of benzene rings is 1. The summed E-state index contributed by atoms with van der Waals surface area (Å²) in [4.78, 5) is 25.2. The van der Waals surface area contributed by atoms with Crippen LogP contribution in [0.5, 0.6) is 5.75 Å². The number of carbonyl (C=O) groups excluding carboxylic acids is 2. The molecule has 0 aromatic heterocycles.